The Kier molecular flexibility index (Phi) is 4.06. The first-order valence-corrected chi connectivity index (χ1v) is 7.59. The number of piperidine rings is 1. The lowest BCUT2D eigenvalue weighted by Crippen LogP contribution is -2.44. The van der Waals surface area contributed by atoms with E-state index in [1.54, 1.807) is 13.2 Å². The molecule has 2 fully saturated rings. The molecule has 0 aromatic heterocycles. The summed E-state index contributed by atoms with van der Waals surface area (Å²) in [5.74, 6) is 0.783. The highest BCUT2D eigenvalue weighted by Gasteiger charge is 2.41. The summed E-state index contributed by atoms with van der Waals surface area (Å²) >= 11 is 0. The average molecular weight is 292 g/mol. The molecule has 2 saturated heterocycles. The first kappa shape index (κ1) is 14.6. The van der Waals surface area contributed by atoms with Gasteiger partial charge in [0.25, 0.3) is 0 Å². The lowest BCUT2D eigenvalue weighted by molar-refractivity contribution is -0.0449. The van der Waals surface area contributed by atoms with Crippen LogP contribution in [0.4, 0.5) is 0 Å². The second kappa shape index (κ2) is 5.83. The molecule has 1 aromatic rings. The highest BCUT2D eigenvalue weighted by atomic mass is 16.5. The van der Waals surface area contributed by atoms with Crippen LogP contribution in [0, 0.1) is 0 Å². The minimum atomic E-state index is 0.00629. The molecule has 1 atom stereocenters. The Morgan fingerprint density at radius 1 is 1.43 bits per heavy atom. The van der Waals surface area contributed by atoms with Gasteiger partial charge in [-0.25, -0.2) is 0 Å². The van der Waals surface area contributed by atoms with Gasteiger partial charge in [-0.05, 0) is 25.3 Å². The number of phenols is 1. The quantitative estimate of drug-likeness (QED) is 0.883. The molecular weight excluding hydrogens is 268 g/mol. The van der Waals surface area contributed by atoms with Gasteiger partial charge in [0.1, 0.15) is 0 Å². The molecule has 0 aliphatic carbocycles. The molecule has 2 aliphatic rings. The number of nitrogens with two attached hydrogens (primary N) is 1. The SMILES string of the molecule is COc1cccc(CN2CCC3(CC2)CC(N)CO3)c1O. The van der Waals surface area contributed by atoms with Crippen LogP contribution in [-0.4, -0.2) is 48.5 Å². The largest absolute Gasteiger partial charge is 0.504 e. The second-order valence-corrected chi connectivity index (χ2v) is 6.20. The molecule has 1 spiro atoms. The number of hydrogen-bond donors (Lipinski definition) is 2. The zero-order chi connectivity index (χ0) is 14.9. The van der Waals surface area contributed by atoms with Crippen LogP contribution >= 0.6 is 0 Å². The summed E-state index contributed by atoms with van der Waals surface area (Å²) in [6.45, 7) is 3.38. The summed E-state index contributed by atoms with van der Waals surface area (Å²) in [5.41, 5.74) is 6.88. The van der Waals surface area contributed by atoms with E-state index in [9.17, 15) is 5.11 Å². The van der Waals surface area contributed by atoms with E-state index in [4.69, 9.17) is 15.2 Å². The standard InChI is InChI=1S/C16H24N2O3/c1-20-14-4-2-3-12(15(14)19)10-18-7-5-16(6-8-18)9-13(17)11-21-16/h2-4,13,19H,5-11,17H2,1H3. The van der Waals surface area contributed by atoms with Crippen LogP contribution in [0.15, 0.2) is 18.2 Å². The summed E-state index contributed by atoms with van der Waals surface area (Å²) in [6, 6.07) is 5.83. The van der Waals surface area contributed by atoms with Crippen LogP contribution in [0.3, 0.4) is 0 Å². The van der Waals surface area contributed by atoms with Crippen LogP contribution < -0.4 is 10.5 Å². The van der Waals surface area contributed by atoms with E-state index >= 15 is 0 Å². The van der Waals surface area contributed by atoms with Crippen molar-refractivity contribution >= 4 is 0 Å². The molecule has 3 N–H and O–H groups in total. The van der Waals surface area contributed by atoms with E-state index < -0.39 is 0 Å². The number of ether oxygens (including phenoxy) is 2. The van der Waals surface area contributed by atoms with Crippen molar-refractivity contribution in [2.75, 3.05) is 26.8 Å². The van der Waals surface area contributed by atoms with E-state index in [1.165, 1.54) is 0 Å². The van der Waals surface area contributed by atoms with E-state index in [2.05, 4.69) is 4.90 Å². The number of likely N-dealkylation sites (tertiary alicyclic amines) is 1. The minimum absolute atomic E-state index is 0.00629. The highest BCUT2D eigenvalue weighted by Crippen LogP contribution is 2.36. The number of benzene rings is 1. The molecule has 21 heavy (non-hydrogen) atoms. The number of rotatable bonds is 3. The summed E-state index contributed by atoms with van der Waals surface area (Å²) in [6.07, 6.45) is 3.02. The molecule has 2 aliphatic heterocycles. The number of methoxy groups -OCH3 is 1. The lowest BCUT2D eigenvalue weighted by atomic mass is 9.87. The third-order valence-electron chi connectivity index (χ3n) is 4.70. The van der Waals surface area contributed by atoms with E-state index in [1.807, 2.05) is 12.1 Å². The van der Waals surface area contributed by atoms with Gasteiger partial charge in [-0.1, -0.05) is 12.1 Å². The summed E-state index contributed by atoms with van der Waals surface area (Å²) in [5, 5.41) is 10.2. The van der Waals surface area contributed by atoms with Gasteiger partial charge >= 0.3 is 0 Å². The monoisotopic (exact) mass is 292 g/mol. The molecule has 0 amide bonds. The minimum Gasteiger partial charge on any atom is -0.504 e. The Hall–Kier alpha value is -1.30. The van der Waals surface area contributed by atoms with Gasteiger partial charge in [-0.3, -0.25) is 4.90 Å². The maximum atomic E-state index is 10.2. The molecule has 5 heteroatoms. The van der Waals surface area contributed by atoms with Crippen molar-refractivity contribution in [2.45, 2.75) is 37.5 Å². The fraction of sp³-hybridized carbons (Fsp3) is 0.625. The van der Waals surface area contributed by atoms with E-state index in [0.29, 0.717) is 12.4 Å². The van der Waals surface area contributed by atoms with Gasteiger partial charge in [0.05, 0.1) is 19.3 Å². The molecule has 116 valence electrons. The predicted molar refractivity (Wildman–Crippen MR) is 80.4 cm³/mol. The third kappa shape index (κ3) is 3.00. The fourth-order valence-electron chi connectivity index (χ4n) is 3.45. The Labute approximate surface area is 125 Å². The molecule has 0 saturated carbocycles. The van der Waals surface area contributed by atoms with Crippen LogP contribution in [-0.2, 0) is 11.3 Å². The molecule has 0 bridgehead atoms. The molecule has 1 aromatic carbocycles. The van der Waals surface area contributed by atoms with Crippen LogP contribution in [0.5, 0.6) is 11.5 Å². The maximum Gasteiger partial charge on any atom is 0.162 e. The number of hydrogen-bond acceptors (Lipinski definition) is 5. The zero-order valence-corrected chi connectivity index (χ0v) is 12.5. The van der Waals surface area contributed by atoms with Crippen molar-refractivity contribution in [3.05, 3.63) is 23.8 Å². The first-order valence-electron chi connectivity index (χ1n) is 7.59. The Bertz CT molecular complexity index is 498. The lowest BCUT2D eigenvalue weighted by Gasteiger charge is -2.38. The third-order valence-corrected chi connectivity index (χ3v) is 4.70. The van der Waals surface area contributed by atoms with E-state index in [-0.39, 0.29) is 17.4 Å². The zero-order valence-electron chi connectivity index (χ0n) is 12.5. The smallest absolute Gasteiger partial charge is 0.162 e. The van der Waals surface area contributed by atoms with Crippen LogP contribution in [0.1, 0.15) is 24.8 Å². The molecule has 1 unspecified atom stereocenters. The number of phenolic OH excluding ortho intramolecular Hbond substituents is 1. The normalized spacial score (nSPS) is 25.3. The molecular formula is C16H24N2O3. The first-order chi connectivity index (χ1) is 10.1. The van der Waals surface area contributed by atoms with Crippen molar-refractivity contribution < 1.29 is 14.6 Å². The Morgan fingerprint density at radius 2 is 2.19 bits per heavy atom. The topological polar surface area (TPSA) is 68.0 Å². The molecule has 2 heterocycles. The average Bonchev–Trinajstić information content (AvgIpc) is 2.85. The molecule has 0 radical (unpaired) electrons. The van der Waals surface area contributed by atoms with E-state index in [0.717, 1.165) is 44.5 Å². The van der Waals surface area contributed by atoms with Crippen molar-refractivity contribution in [1.29, 1.82) is 0 Å². The van der Waals surface area contributed by atoms with Gasteiger partial charge in [-0.2, -0.15) is 0 Å². The maximum absolute atomic E-state index is 10.2. The summed E-state index contributed by atoms with van der Waals surface area (Å²) in [7, 11) is 1.57. The van der Waals surface area contributed by atoms with Crippen molar-refractivity contribution in [3.8, 4) is 11.5 Å². The van der Waals surface area contributed by atoms with Crippen molar-refractivity contribution in [1.82, 2.24) is 4.90 Å². The number of aromatic hydroxyl groups is 1. The summed E-state index contributed by atoms with van der Waals surface area (Å²) < 4.78 is 11.1. The van der Waals surface area contributed by atoms with Gasteiger partial charge in [0.15, 0.2) is 11.5 Å². The van der Waals surface area contributed by atoms with Gasteiger partial charge in [0, 0.05) is 31.2 Å². The van der Waals surface area contributed by atoms with Gasteiger partial charge in [0.2, 0.25) is 0 Å². The fourth-order valence-corrected chi connectivity index (χ4v) is 3.45. The van der Waals surface area contributed by atoms with Crippen LogP contribution in [0.25, 0.3) is 0 Å². The molecule has 3 rings (SSSR count). The Morgan fingerprint density at radius 3 is 2.81 bits per heavy atom. The predicted octanol–water partition coefficient (Wildman–Crippen LogP) is 1.48. The van der Waals surface area contributed by atoms with Crippen LogP contribution in [0.2, 0.25) is 0 Å². The van der Waals surface area contributed by atoms with Gasteiger partial charge in [-0.15, -0.1) is 0 Å². The number of para-hydroxylation sites is 1. The second-order valence-electron chi connectivity index (χ2n) is 6.20. The molecule has 5 nitrogen and oxygen atoms in total. The Balaban J connectivity index is 1.61. The highest BCUT2D eigenvalue weighted by molar-refractivity contribution is 5.45. The number of nitrogens with zero attached hydrogens (tertiary/aromatic N) is 1. The van der Waals surface area contributed by atoms with Crippen molar-refractivity contribution in [2.24, 2.45) is 5.73 Å². The van der Waals surface area contributed by atoms with Gasteiger partial charge < -0.3 is 20.3 Å². The summed E-state index contributed by atoms with van der Waals surface area (Å²) in [4.78, 5) is 2.35. The van der Waals surface area contributed by atoms with Crippen molar-refractivity contribution in [3.63, 3.8) is 0 Å².